The quantitative estimate of drug-likeness (QED) is 0.714. The van der Waals surface area contributed by atoms with E-state index in [0.717, 1.165) is 11.6 Å². The molecule has 0 radical (unpaired) electrons. The van der Waals surface area contributed by atoms with Gasteiger partial charge >= 0.3 is 5.97 Å². The summed E-state index contributed by atoms with van der Waals surface area (Å²) in [5, 5.41) is 18.9. The largest absolute Gasteiger partial charge is 0.508 e. The lowest BCUT2D eigenvalue weighted by Crippen LogP contribution is -2.06. The van der Waals surface area contributed by atoms with Crippen molar-refractivity contribution in [3.05, 3.63) is 65.5 Å². The molecule has 1 heterocycles. The molecule has 0 fully saturated rings. The lowest BCUT2D eigenvalue weighted by atomic mass is 10.2. The molecule has 0 aliphatic rings. The number of hydrogen-bond donors (Lipinski definition) is 2. The third-order valence-electron chi connectivity index (χ3n) is 3.45. The first-order valence-electron chi connectivity index (χ1n) is 7.25. The molecule has 3 aromatic rings. The molecule has 0 spiro atoms. The highest BCUT2D eigenvalue weighted by atomic mass is 16.5. The van der Waals surface area contributed by atoms with Crippen molar-refractivity contribution in [1.82, 2.24) is 4.98 Å². The summed E-state index contributed by atoms with van der Waals surface area (Å²) in [5.41, 5.74) is 1.30. The van der Waals surface area contributed by atoms with Crippen molar-refractivity contribution >= 4 is 5.97 Å². The summed E-state index contributed by atoms with van der Waals surface area (Å²) in [6, 6.07) is 13.1. The molecule has 0 atom stereocenters. The maximum atomic E-state index is 12.0. The maximum Gasteiger partial charge on any atom is 0.342 e. The zero-order chi connectivity index (χ0) is 17.1. The second kappa shape index (κ2) is 6.45. The van der Waals surface area contributed by atoms with E-state index in [1.807, 2.05) is 30.3 Å². The van der Waals surface area contributed by atoms with Crippen LogP contribution in [0, 0.1) is 6.92 Å². The first kappa shape index (κ1) is 15.6. The summed E-state index contributed by atoms with van der Waals surface area (Å²) in [6.07, 6.45) is 0. The van der Waals surface area contributed by atoms with E-state index in [-0.39, 0.29) is 23.7 Å². The number of aromatic hydroxyl groups is 2. The predicted octanol–water partition coefficient (Wildman–Crippen LogP) is 3.42. The summed E-state index contributed by atoms with van der Waals surface area (Å²) in [6.45, 7) is 1.65. The van der Waals surface area contributed by atoms with Gasteiger partial charge in [0.25, 0.3) is 0 Å². The van der Waals surface area contributed by atoms with Gasteiger partial charge in [0.15, 0.2) is 0 Å². The average molecular weight is 325 g/mol. The van der Waals surface area contributed by atoms with Crippen LogP contribution in [-0.4, -0.2) is 21.2 Å². The fraction of sp³-hybridized carbons (Fsp3) is 0.111. The minimum Gasteiger partial charge on any atom is -0.508 e. The summed E-state index contributed by atoms with van der Waals surface area (Å²) in [5.74, 6) is -0.190. The van der Waals surface area contributed by atoms with Gasteiger partial charge in [0.1, 0.15) is 35.1 Å². The van der Waals surface area contributed by atoms with Crippen molar-refractivity contribution in [3.63, 3.8) is 0 Å². The van der Waals surface area contributed by atoms with Gasteiger partial charge in [0, 0.05) is 11.6 Å². The van der Waals surface area contributed by atoms with Gasteiger partial charge in [-0.2, -0.15) is 0 Å². The van der Waals surface area contributed by atoms with E-state index in [1.165, 1.54) is 12.1 Å². The number of phenols is 2. The molecular weight excluding hydrogens is 310 g/mol. The van der Waals surface area contributed by atoms with Gasteiger partial charge in [-0.25, -0.2) is 9.78 Å². The minimum atomic E-state index is -0.712. The molecule has 6 nitrogen and oxygen atoms in total. The van der Waals surface area contributed by atoms with Crippen molar-refractivity contribution in [2.45, 2.75) is 13.5 Å². The number of carbonyl (C=O) groups excluding carboxylic acids is 1. The second-order valence-electron chi connectivity index (χ2n) is 5.17. The summed E-state index contributed by atoms with van der Waals surface area (Å²) < 4.78 is 10.8. The third-order valence-corrected chi connectivity index (χ3v) is 3.45. The van der Waals surface area contributed by atoms with Crippen molar-refractivity contribution in [1.29, 1.82) is 0 Å². The molecule has 2 N–H and O–H groups in total. The Morgan fingerprint density at radius 1 is 1.17 bits per heavy atom. The molecule has 0 bridgehead atoms. The Morgan fingerprint density at radius 2 is 1.92 bits per heavy atom. The smallest absolute Gasteiger partial charge is 0.342 e. The predicted molar refractivity (Wildman–Crippen MR) is 85.6 cm³/mol. The monoisotopic (exact) mass is 325 g/mol. The van der Waals surface area contributed by atoms with Gasteiger partial charge in [-0.3, -0.25) is 0 Å². The summed E-state index contributed by atoms with van der Waals surface area (Å²) >= 11 is 0. The number of rotatable bonds is 4. The molecule has 0 amide bonds. The van der Waals surface area contributed by atoms with Crippen molar-refractivity contribution in [3.8, 4) is 23.0 Å². The van der Waals surface area contributed by atoms with Crippen molar-refractivity contribution in [2.24, 2.45) is 0 Å². The molecule has 1 aromatic heterocycles. The number of hydrogen-bond acceptors (Lipinski definition) is 6. The van der Waals surface area contributed by atoms with Gasteiger partial charge < -0.3 is 19.4 Å². The topological polar surface area (TPSA) is 92.8 Å². The second-order valence-corrected chi connectivity index (χ2v) is 5.17. The lowest BCUT2D eigenvalue weighted by Gasteiger charge is -2.05. The molecule has 0 aliphatic carbocycles. The maximum absolute atomic E-state index is 12.0. The summed E-state index contributed by atoms with van der Waals surface area (Å²) in [7, 11) is 0. The number of esters is 1. The van der Waals surface area contributed by atoms with Crippen LogP contribution in [0.2, 0.25) is 0 Å². The van der Waals surface area contributed by atoms with Crippen LogP contribution in [0.4, 0.5) is 0 Å². The molecule has 0 saturated heterocycles. The lowest BCUT2D eigenvalue weighted by molar-refractivity contribution is 0.0463. The Bertz CT molecular complexity index is 870. The van der Waals surface area contributed by atoms with Gasteiger partial charge in [-0.1, -0.05) is 18.2 Å². The zero-order valence-corrected chi connectivity index (χ0v) is 12.9. The van der Waals surface area contributed by atoms with Crippen LogP contribution in [0.3, 0.4) is 0 Å². The average Bonchev–Trinajstić information content (AvgIpc) is 2.94. The number of aromatic nitrogens is 1. The molecular formula is C18H15NO5. The first-order chi connectivity index (χ1) is 11.5. The first-order valence-corrected chi connectivity index (χ1v) is 7.25. The van der Waals surface area contributed by atoms with Crippen molar-refractivity contribution in [2.75, 3.05) is 0 Å². The minimum absolute atomic E-state index is 0.0303. The van der Waals surface area contributed by atoms with Crippen molar-refractivity contribution < 1.29 is 24.2 Å². The molecule has 6 heteroatoms. The van der Waals surface area contributed by atoms with Crippen LogP contribution in [0.5, 0.6) is 11.5 Å². The number of ether oxygens (including phenoxy) is 1. The fourth-order valence-electron chi connectivity index (χ4n) is 2.17. The van der Waals surface area contributed by atoms with E-state index in [2.05, 4.69) is 4.98 Å². The molecule has 24 heavy (non-hydrogen) atoms. The van der Waals surface area contributed by atoms with Crippen LogP contribution in [-0.2, 0) is 11.3 Å². The standard InChI is InChI=1S/C18H15NO5/c1-11-15(19-17(24-11)12-5-3-2-4-6-12)10-23-18(22)14-8-7-13(20)9-16(14)21/h2-9,20-21H,10H2,1H3. The number of benzene rings is 2. The van der Waals surface area contributed by atoms with E-state index in [9.17, 15) is 15.0 Å². The van der Waals surface area contributed by atoms with Crippen LogP contribution in [0.1, 0.15) is 21.8 Å². The molecule has 0 unspecified atom stereocenters. The number of nitrogens with zero attached hydrogens (tertiary/aromatic N) is 1. The SMILES string of the molecule is Cc1oc(-c2ccccc2)nc1COC(=O)c1ccc(O)cc1O. The number of aryl methyl sites for hydroxylation is 1. The zero-order valence-electron chi connectivity index (χ0n) is 12.9. The Kier molecular flexibility index (Phi) is 4.20. The van der Waals surface area contributed by atoms with Gasteiger partial charge in [-0.15, -0.1) is 0 Å². The van der Waals surface area contributed by atoms with E-state index >= 15 is 0 Å². The van der Waals surface area contributed by atoms with E-state index in [1.54, 1.807) is 6.92 Å². The fourth-order valence-corrected chi connectivity index (χ4v) is 2.17. The normalized spacial score (nSPS) is 10.5. The molecule has 0 saturated carbocycles. The highest BCUT2D eigenvalue weighted by Crippen LogP contribution is 2.25. The van der Waals surface area contributed by atoms with Crippen LogP contribution >= 0.6 is 0 Å². The number of oxazole rings is 1. The van der Waals surface area contributed by atoms with Crippen LogP contribution in [0.25, 0.3) is 11.5 Å². The number of phenolic OH excluding ortho intramolecular Hbond substituents is 2. The molecule has 2 aromatic carbocycles. The van der Waals surface area contributed by atoms with Crippen LogP contribution < -0.4 is 0 Å². The van der Waals surface area contributed by atoms with E-state index in [4.69, 9.17) is 9.15 Å². The highest BCUT2D eigenvalue weighted by molar-refractivity contribution is 5.92. The van der Waals surface area contributed by atoms with Crippen LogP contribution in [0.15, 0.2) is 52.9 Å². The Hall–Kier alpha value is -3.28. The van der Waals surface area contributed by atoms with Gasteiger partial charge in [0.05, 0.1) is 0 Å². The van der Waals surface area contributed by atoms with E-state index < -0.39 is 5.97 Å². The Morgan fingerprint density at radius 3 is 2.62 bits per heavy atom. The molecule has 3 rings (SSSR count). The Labute approximate surface area is 138 Å². The Balaban J connectivity index is 1.73. The third kappa shape index (κ3) is 3.22. The van der Waals surface area contributed by atoms with E-state index in [0.29, 0.717) is 17.3 Å². The molecule has 0 aliphatic heterocycles. The highest BCUT2D eigenvalue weighted by Gasteiger charge is 2.16. The molecule has 122 valence electrons. The summed E-state index contributed by atoms with van der Waals surface area (Å²) in [4.78, 5) is 16.4. The van der Waals surface area contributed by atoms with Gasteiger partial charge in [-0.05, 0) is 31.2 Å². The van der Waals surface area contributed by atoms with Gasteiger partial charge in [0.2, 0.25) is 5.89 Å². The number of carbonyl (C=O) groups is 1.